The average molecular weight is 374 g/mol. The zero-order chi connectivity index (χ0) is 19.7. The largest absolute Gasteiger partial charge is 0.479 e. The molecule has 0 aromatic carbocycles. The van der Waals surface area contributed by atoms with Crippen molar-refractivity contribution in [3.63, 3.8) is 0 Å². The van der Waals surface area contributed by atoms with Crippen LogP contribution in [-0.2, 0) is 19.2 Å². The number of aliphatic hydroxyl groups is 1. The number of hydrogen-bond acceptors (Lipinski definition) is 6. The molecule has 1 saturated carbocycles. The lowest BCUT2D eigenvalue weighted by atomic mass is 9.83. The van der Waals surface area contributed by atoms with Crippen LogP contribution in [0.4, 0.5) is 4.79 Å². The average Bonchev–Trinajstić information content (AvgIpc) is 2.52. The van der Waals surface area contributed by atoms with Crippen LogP contribution in [0, 0.1) is 5.92 Å². The Kier molecular flexibility index (Phi) is 8.80. The summed E-state index contributed by atoms with van der Waals surface area (Å²) in [4.78, 5) is 39.0. The van der Waals surface area contributed by atoms with E-state index in [1.54, 1.807) is 20.8 Å². The highest BCUT2D eigenvalue weighted by Gasteiger charge is 2.32. The van der Waals surface area contributed by atoms with E-state index in [2.05, 4.69) is 10.2 Å². The van der Waals surface area contributed by atoms with Gasteiger partial charge in [0.2, 0.25) is 0 Å². The Hall–Kier alpha value is -1.87. The SMILES string of the molecule is CC(C)(C)OC(=O)N[C@H](CC1CCCCC1)C(O)C(=O)NOCC(=O)O. The smallest absolute Gasteiger partial charge is 0.407 e. The maximum atomic E-state index is 12.1. The molecule has 0 aromatic rings. The molecule has 0 radical (unpaired) electrons. The fourth-order valence-corrected chi connectivity index (χ4v) is 2.92. The topological polar surface area (TPSA) is 134 Å². The van der Waals surface area contributed by atoms with Crippen molar-refractivity contribution in [3.8, 4) is 0 Å². The molecule has 26 heavy (non-hydrogen) atoms. The van der Waals surface area contributed by atoms with Crippen molar-refractivity contribution in [1.29, 1.82) is 0 Å². The van der Waals surface area contributed by atoms with Crippen LogP contribution < -0.4 is 10.8 Å². The Morgan fingerprint density at radius 3 is 2.31 bits per heavy atom. The van der Waals surface area contributed by atoms with Gasteiger partial charge in [-0.15, -0.1) is 0 Å². The highest BCUT2D eigenvalue weighted by molar-refractivity contribution is 5.81. The first kappa shape index (κ1) is 22.2. The van der Waals surface area contributed by atoms with Gasteiger partial charge in [0, 0.05) is 0 Å². The van der Waals surface area contributed by atoms with E-state index in [1.165, 1.54) is 0 Å². The first-order valence-electron chi connectivity index (χ1n) is 8.89. The van der Waals surface area contributed by atoms with Gasteiger partial charge in [0.15, 0.2) is 12.7 Å². The molecule has 0 heterocycles. The number of hydroxylamine groups is 1. The van der Waals surface area contributed by atoms with Gasteiger partial charge in [-0.25, -0.2) is 15.1 Å². The van der Waals surface area contributed by atoms with E-state index in [4.69, 9.17) is 9.84 Å². The number of amides is 2. The van der Waals surface area contributed by atoms with Crippen LogP contribution in [-0.4, -0.2) is 52.5 Å². The first-order chi connectivity index (χ1) is 12.1. The zero-order valence-corrected chi connectivity index (χ0v) is 15.6. The summed E-state index contributed by atoms with van der Waals surface area (Å²) in [5, 5.41) is 21.4. The number of rotatable bonds is 8. The predicted octanol–water partition coefficient (Wildman–Crippen LogP) is 1.34. The summed E-state index contributed by atoms with van der Waals surface area (Å²) in [7, 11) is 0. The molecule has 1 rings (SSSR count). The minimum Gasteiger partial charge on any atom is -0.479 e. The lowest BCUT2D eigenvalue weighted by Gasteiger charge is -2.30. The van der Waals surface area contributed by atoms with Crippen LogP contribution in [0.1, 0.15) is 59.3 Å². The summed E-state index contributed by atoms with van der Waals surface area (Å²) < 4.78 is 5.20. The van der Waals surface area contributed by atoms with E-state index in [9.17, 15) is 19.5 Å². The van der Waals surface area contributed by atoms with Crippen LogP contribution in [0.25, 0.3) is 0 Å². The molecule has 9 nitrogen and oxygen atoms in total. The number of carbonyl (C=O) groups excluding carboxylic acids is 2. The van der Waals surface area contributed by atoms with Gasteiger partial charge < -0.3 is 20.3 Å². The molecule has 2 atom stereocenters. The van der Waals surface area contributed by atoms with Crippen molar-refractivity contribution in [2.24, 2.45) is 5.92 Å². The maximum Gasteiger partial charge on any atom is 0.407 e. The molecular formula is C17H30N2O7. The fourth-order valence-electron chi connectivity index (χ4n) is 2.92. The number of carboxylic acid groups (broad SMARTS) is 1. The maximum absolute atomic E-state index is 12.1. The minimum atomic E-state index is -1.58. The van der Waals surface area contributed by atoms with E-state index in [1.807, 2.05) is 5.48 Å². The van der Waals surface area contributed by atoms with E-state index in [0.29, 0.717) is 6.42 Å². The van der Waals surface area contributed by atoms with Crippen LogP contribution in [0.2, 0.25) is 0 Å². The summed E-state index contributed by atoms with van der Waals surface area (Å²) in [6.07, 6.45) is 3.36. The molecule has 1 fully saturated rings. The van der Waals surface area contributed by atoms with Crippen molar-refractivity contribution in [1.82, 2.24) is 10.8 Å². The van der Waals surface area contributed by atoms with Crippen molar-refractivity contribution >= 4 is 18.0 Å². The highest BCUT2D eigenvalue weighted by Crippen LogP contribution is 2.28. The van der Waals surface area contributed by atoms with Gasteiger partial charge in [0.1, 0.15) is 5.60 Å². The van der Waals surface area contributed by atoms with Gasteiger partial charge in [0.25, 0.3) is 5.91 Å². The Morgan fingerprint density at radius 2 is 1.77 bits per heavy atom. The van der Waals surface area contributed by atoms with Crippen LogP contribution in [0.3, 0.4) is 0 Å². The molecular weight excluding hydrogens is 344 g/mol. The number of hydrogen-bond donors (Lipinski definition) is 4. The standard InChI is InChI=1S/C17H30N2O7/c1-17(2,3)26-16(24)18-12(9-11-7-5-4-6-8-11)14(22)15(23)19-25-10-13(20)21/h11-12,14,22H,4-10H2,1-3H3,(H,18,24)(H,19,23)(H,20,21)/t12-,14?/m1/s1. The molecule has 0 bridgehead atoms. The molecule has 1 aliphatic carbocycles. The third-order valence-electron chi connectivity index (χ3n) is 4.03. The molecule has 9 heteroatoms. The van der Waals surface area contributed by atoms with Crippen LogP contribution >= 0.6 is 0 Å². The fraction of sp³-hybridized carbons (Fsp3) is 0.824. The van der Waals surface area contributed by atoms with Crippen LogP contribution in [0.15, 0.2) is 0 Å². The molecule has 0 saturated heterocycles. The first-order valence-corrected chi connectivity index (χ1v) is 8.89. The molecule has 4 N–H and O–H groups in total. The summed E-state index contributed by atoms with van der Waals surface area (Å²) in [5.74, 6) is -1.89. The predicted molar refractivity (Wildman–Crippen MR) is 92.1 cm³/mol. The van der Waals surface area contributed by atoms with Crippen LogP contribution in [0.5, 0.6) is 0 Å². The number of aliphatic carboxylic acids is 1. The minimum absolute atomic E-state index is 0.283. The Balaban J connectivity index is 2.69. The van der Waals surface area contributed by atoms with E-state index in [-0.39, 0.29) is 5.92 Å². The number of carboxylic acids is 1. The molecule has 0 spiro atoms. The number of alkyl carbamates (subject to hydrolysis) is 1. The highest BCUT2D eigenvalue weighted by atomic mass is 16.7. The Bertz CT molecular complexity index is 484. The van der Waals surface area contributed by atoms with Gasteiger partial charge in [-0.3, -0.25) is 9.63 Å². The van der Waals surface area contributed by atoms with E-state index < -0.39 is 42.3 Å². The molecule has 150 valence electrons. The lowest BCUT2D eigenvalue weighted by molar-refractivity contribution is -0.153. The third-order valence-corrected chi connectivity index (χ3v) is 4.03. The molecule has 1 aliphatic rings. The number of aliphatic hydroxyl groups excluding tert-OH is 1. The molecule has 0 aromatic heterocycles. The van der Waals surface area contributed by atoms with Gasteiger partial charge in [-0.05, 0) is 33.1 Å². The summed E-state index contributed by atoms with van der Waals surface area (Å²) in [5.41, 5.74) is 1.18. The van der Waals surface area contributed by atoms with Gasteiger partial charge in [-0.1, -0.05) is 32.1 Å². The van der Waals surface area contributed by atoms with Crippen molar-refractivity contribution in [2.45, 2.75) is 77.0 Å². The summed E-state index contributed by atoms with van der Waals surface area (Å²) >= 11 is 0. The van der Waals surface area contributed by atoms with E-state index in [0.717, 1.165) is 32.1 Å². The summed E-state index contributed by atoms with van der Waals surface area (Å²) in [6, 6.07) is -0.860. The molecule has 1 unspecified atom stereocenters. The van der Waals surface area contributed by atoms with Gasteiger partial charge in [-0.2, -0.15) is 0 Å². The zero-order valence-electron chi connectivity index (χ0n) is 15.6. The normalized spacial score (nSPS) is 17.8. The quantitative estimate of drug-likeness (QED) is 0.471. The number of nitrogens with one attached hydrogen (secondary N) is 2. The number of carbonyl (C=O) groups is 3. The third kappa shape index (κ3) is 9.00. The Morgan fingerprint density at radius 1 is 1.15 bits per heavy atom. The van der Waals surface area contributed by atoms with Crippen molar-refractivity contribution in [3.05, 3.63) is 0 Å². The van der Waals surface area contributed by atoms with E-state index >= 15 is 0 Å². The second-order valence-corrected chi connectivity index (χ2v) is 7.59. The van der Waals surface area contributed by atoms with Gasteiger partial charge >= 0.3 is 12.1 Å². The Labute approximate surface area is 153 Å². The molecule has 2 amide bonds. The summed E-state index contributed by atoms with van der Waals surface area (Å²) in [6.45, 7) is 4.41. The second-order valence-electron chi connectivity index (χ2n) is 7.59. The van der Waals surface area contributed by atoms with Gasteiger partial charge in [0.05, 0.1) is 6.04 Å². The van der Waals surface area contributed by atoms with Crippen molar-refractivity contribution in [2.75, 3.05) is 6.61 Å². The lowest BCUT2D eigenvalue weighted by Crippen LogP contribution is -2.52. The molecule has 0 aliphatic heterocycles. The second kappa shape index (κ2) is 10.3. The number of ether oxygens (including phenoxy) is 1. The monoisotopic (exact) mass is 374 g/mol. The van der Waals surface area contributed by atoms with Crippen molar-refractivity contribution < 1.29 is 34.2 Å².